The lowest BCUT2D eigenvalue weighted by Crippen LogP contribution is -2.31. The molecule has 2 aromatic rings. The van der Waals surface area contributed by atoms with Gasteiger partial charge >= 0.3 is 0 Å². The molecule has 0 saturated heterocycles. The van der Waals surface area contributed by atoms with E-state index in [4.69, 9.17) is 9.47 Å². The molecule has 6 heteroatoms. The minimum atomic E-state index is -0.333. The predicted molar refractivity (Wildman–Crippen MR) is 101 cm³/mol. The Bertz CT molecular complexity index is 740. The first-order chi connectivity index (χ1) is 12.6. The Balaban J connectivity index is 2.01. The van der Waals surface area contributed by atoms with Gasteiger partial charge in [-0.2, -0.15) is 0 Å². The van der Waals surface area contributed by atoms with E-state index in [2.05, 4.69) is 5.32 Å². The molecule has 0 aliphatic heterocycles. The maximum Gasteiger partial charge on any atom is 0.262 e. The third-order valence-electron chi connectivity index (χ3n) is 3.91. The second-order valence-corrected chi connectivity index (χ2v) is 5.54. The van der Waals surface area contributed by atoms with Crippen LogP contribution in [0.5, 0.6) is 11.5 Å². The number of hydrogen-bond donors (Lipinski definition) is 1. The molecule has 6 nitrogen and oxygen atoms in total. The quantitative estimate of drug-likeness (QED) is 0.789. The molecule has 0 heterocycles. The van der Waals surface area contributed by atoms with Crippen molar-refractivity contribution in [2.24, 2.45) is 0 Å². The van der Waals surface area contributed by atoms with Gasteiger partial charge in [0.05, 0.1) is 18.4 Å². The summed E-state index contributed by atoms with van der Waals surface area (Å²) in [6.07, 6.45) is 0. The molecule has 0 saturated carbocycles. The molecule has 0 unspecified atom stereocenters. The molecule has 0 radical (unpaired) electrons. The van der Waals surface area contributed by atoms with Crippen molar-refractivity contribution >= 4 is 17.5 Å². The fraction of sp³-hybridized carbons (Fsp3) is 0.300. The summed E-state index contributed by atoms with van der Waals surface area (Å²) in [5.41, 5.74) is 0.946. The van der Waals surface area contributed by atoms with Crippen molar-refractivity contribution in [3.8, 4) is 11.5 Å². The highest BCUT2D eigenvalue weighted by atomic mass is 16.5. The molecule has 26 heavy (non-hydrogen) atoms. The Morgan fingerprint density at radius 3 is 2.19 bits per heavy atom. The van der Waals surface area contributed by atoms with Gasteiger partial charge in [-0.25, -0.2) is 0 Å². The summed E-state index contributed by atoms with van der Waals surface area (Å²) in [4.78, 5) is 26.5. The summed E-state index contributed by atoms with van der Waals surface area (Å²) in [6.45, 7) is 4.91. The van der Waals surface area contributed by atoms with Gasteiger partial charge in [0.15, 0.2) is 6.61 Å². The first-order valence-corrected chi connectivity index (χ1v) is 8.54. The molecule has 0 aliphatic rings. The third kappa shape index (κ3) is 4.99. The third-order valence-corrected chi connectivity index (χ3v) is 3.91. The number of para-hydroxylation sites is 1. The van der Waals surface area contributed by atoms with E-state index >= 15 is 0 Å². The van der Waals surface area contributed by atoms with Crippen molar-refractivity contribution in [3.05, 3.63) is 54.1 Å². The first kappa shape index (κ1) is 19.3. The number of benzene rings is 2. The molecule has 0 aromatic heterocycles. The minimum absolute atomic E-state index is 0.109. The summed E-state index contributed by atoms with van der Waals surface area (Å²) in [7, 11) is 1.58. The number of rotatable bonds is 8. The summed E-state index contributed by atoms with van der Waals surface area (Å²) >= 11 is 0. The van der Waals surface area contributed by atoms with Gasteiger partial charge in [0.2, 0.25) is 0 Å². The zero-order valence-electron chi connectivity index (χ0n) is 15.3. The van der Waals surface area contributed by atoms with Crippen LogP contribution in [-0.2, 0) is 4.79 Å². The van der Waals surface area contributed by atoms with Crippen molar-refractivity contribution in [1.82, 2.24) is 4.90 Å². The van der Waals surface area contributed by atoms with Gasteiger partial charge in [0, 0.05) is 13.1 Å². The highest BCUT2D eigenvalue weighted by molar-refractivity contribution is 6.04. The number of ether oxygens (including phenoxy) is 2. The number of carbonyl (C=O) groups is 2. The molecule has 0 aliphatic carbocycles. The van der Waals surface area contributed by atoms with Crippen molar-refractivity contribution < 1.29 is 19.1 Å². The number of amides is 2. The van der Waals surface area contributed by atoms with Gasteiger partial charge in [-0.3, -0.25) is 9.59 Å². The maximum atomic E-state index is 12.6. The highest BCUT2D eigenvalue weighted by Gasteiger charge is 2.17. The molecule has 2 rings (SSSR count). The predicted octanol–water partition coefficient (Wildman–Crippen LogP) is 3.19. The van der Waals surface area contributed by atoms with Crippen molar-refractivity contribution in [2.75, 3.05) is 32.1 Å². The van der Waals surface area contributed by atoms with Crippen LogP contribution < -0.4 is 14.8 Å². The summed E-state index contributed by atoms with van der Waals surface area (Å²) < 4.78 is 10.5. The monoisotopic (exact) mass is 356 g/mol. The van der Waals surface area contributed by atoms with E-state index in [1.165, 1.54) is 0 Å². The van der Waals surface area contributed by atoms with Gasteiger partial charge < -0.3 is 19.7 Å². The molecule has 2 amide bonds. The molecule has 0 fully saturated rings. The molecular weight excluding hydrogens is 332 g/mol. The average Bonchev–Trinajstić information content (AvgIpc) is 2.68. The maximum absolute atomic E-state index is 12.6. The molecule has 1 N–H and O–H groups in total. The van der Waals surface area contributed by atoms with E-state index in [0.717, 1.165) is 0 Å². The smallest absolute Gasteiger partial charge is 0.262 e. The van der Waals surface area contributed by atoms with Crippen molar-refractivity contribution in [3.63, 3.8) is 0 Å². The van der Waals surface area contributed by atoms with Crippen molar-refractivity contribution in [1.29, 1.82) is 0 Å². The first-order valence-electron chi connectivity index (χ1n) is 8.54. The zero-order valence-corrected chi connectivity index (χ0v) is 15.3. The van der Waals surface area contributed by atoms with E-state index in [-0.39, 0.29) is 18.4 Å². The second kappa shape index (κ2) is 9.46. The second-order valence-electron chi connectivity index (χ2n) is 5.54. The normalized spacial score (nSPS) is 10.1. The largest absolute Gasteiger partial charge is 0.497 e. The van der Waals surface area contributed by atoms with Gasteiger partial charge in [-0.05, 0) is 50.2 Å². The van der Waals surface area contributed by atoms with Crippen LogP contribution in [0.4, 0.5) is 5.69 Å². The Hall–Kier alpha value is -3.02. The SMILES string of the molecule is CCN(CC)C(=O)c1ccccc1NC(=O)COc1ccc(OC)cc1. The molecule has 2 aromatic carbocycles. The molecular formula is C20H24N2O4. The number of nitrogens with zero attached hydrogens (tertiary/aromatic N) is 1. The molecule has 0 spiro atoms. The summed E-state index contributed by atoms with van der Waals surface area (Å²) in [5.74, 6) is 0.835. The molecule has 0 bridgehead atoms. The highest BCUT2D eigenvalue weighted by Crippen LogP contribution is 2.19. The Kier molecular flexibility index (Phi) is 7.02. The standard InChI is InChI=1S/C20H24N2O4/c1-4-22(5-2)20(24)17-8-6-7-9-18(17)21-19(23)14-26-16-12-10-15(25-3)11-13-16/h6-13H,4-5,14H2,1-3H3,(H,21,23). The van der Waals surface area contributed by atoms with Gasteiger partial charge in [0.1, 0.15) is 11.5 Å². The number of anilines is 1. The number of hydrogen-bond acceptors (Lipinski definition) is 4. The van der Waals surface area contributed by atoms with E-state index < -0.39 is 0 Å². The fourth-order valence-corrected chi connectivity index (χ4v) is 2.47. The minimum Gasteiger partial charge on any atom is -0.497 e. The van der Waals surface area contributed by atoms with E-state index in [1.807, 2.05) is 13.8 Å². The lowest BCUT2D eigenvalue weighted by molar-refractivity contribution is -0.118. The van der Waals surface area contributed by atoms with E-state index in [9.17, 15) is 9.59 Å². The molecule has 0 atom stereocenters. The Morgan fingerprint density at radius 1 is 0.962 bits per heavy atom. The Morgan fingerprint density at radius 2 is 1.58 bits per heavy atom. The van der Waals surface area contributed by atoms with E-state index in [1.54, 1.807) is 60.5 Å². The van der Waals surface area contributed by atoms with Gasteiger partial charge in [-0.15, -0.1) is 0 Å². The van der Waals surface area contributed by atoms with Crippen LogP contribution in [0.1, 0.15) is 24.2 Å². The van der Waals surface area contributed by atoms with Gasteiger partial charge in [0.25, 0.3) is 11.8 Å². The molecule has 138 valence electrons. The van der Waals surface area contributed by atoms with Crippen molar-refractivity contribution in [2.45, 2.75) is 13.8 Å². The number of methoxy groups -OCH3 is 1. The van der Waals surface area contributed by atoms with Crippen LogP contribution in [-0.4, -0.2) is 43.5 Å². The van der Waals surface area contributed by atoms with Crippen LogP contribution in [0.15, 0.2) is 48.5 Å². The van der Waals surface area contributed by atoms with Gasteiger partial charge in [-0.1, -0.05) is 12.1 Å². The van der Waals surface area contributed by atoms with Crippen LogP contribution >= 0.6 is 0 Å². The summed E-state index contributed by atoms with van der Waals surface area (Å²) in [6, 6.07) is 13.9. The number of carbonyl (C=O) groups excluding carboxylic acids is 2. The van der Waals surface area contributed by atoms with Crippen LogP contribution in [0, 0.1) is 0 Å². The zero-order chi connectivity index (χ0) is 18.9. The average molecular weight is 356 g/mol. The van der Waals surface area contributed by atoms with Crippen LogP contribution in [0.3, 0.4) is 0 Å². The lowest BCUT2D eigenvalue weighted by atomic mass is 10.1. The van der Waals surface area contributed by atoms with E-state index in [0.29, 0.717) is 35.8 Å². The Labute approximate surface area is 153 Å². The fourth-order valence-electron chi connectivity index (χ4n) is 2.47. The summed E-state index contributed by atoms with van der Waals surface area (Å²) in [5, 5.41) is 2.75. The topological polar surface area (TPSA) is 67.9 Å². The lowest BCUT2D eigenvalue weighted by Gasteiger charge is -2.20. The van der Waals surface area contributed by atoms with Crippen LogP contribution in [0.25, 0.3) is 0 Å². The number of nitrogens with one attached hydrogen (secondary N) is 1. The van der Waals surface area contributed by atoms with Crippen LogP contribution in [0.2, 0.25) is 0 Å².